The Bertz CT molecular complexity index is 508. The second kappa shape index (κ2) is 8.05. The Labute approximate surface area is 140 Å². The van der Waals surface area contributed by atoms with Crippen molar-refractivity contribution in [2.45, 2.75) is 51.4 Å². The summed E-state index contributed by atoms with van der Waals surface area (Å²) in [7, 11) is 1.82. The van der Waals surface area contributed by atoms with Gasteiger partial charge in [-0.1, -0.05) is 6.92 Å². The zero-order chi connectivity index (χ0) is 17.7. The maximum absolute atomic E-state index is 12.8. The summed E-state index contributed by atoms with van der Waals surface area (Å²) in [5.74, 6) is 0.512. The van der Waals surface area contributed by atoms with Gasteiger partial charge in [0.25, 0.3) is 0 Å². The minimum Gasteiger partial charge on any atom is -0.467 e. The van der Waals surface area contributed by atoms with E-state index >= 15 is 0 Å². The first-order valence-electron chi connectivity index (χ1n) is 8.31. The van der Waals surface area contributed by atoms with Crippen LogP contribution in [0.2, 0.25) is 0 Å². The van der Waals surface area contributed by atoms with E-state index in [0.29, 0.717) is 11.7 Å². The van der Waals surface area contributed by atoms with E-state index in [1.807, 2.05) is 11.9 Å². The Kier molecular flexibility index (Phi) is 6.32. The van der Waals surface area contributed by atoms with Crippen molar-refractivity contribution < 1.29 is 22.4 Å². The number of halogens is 3. The normalized spacial score (nSPS) is 21.9. The molecule has 1 aromatic heterocycles. The van der Waals surface area contributed by atoms with Crippen molar-refractivity contribution in [3.8, 4) is 0 Å². The Morgan fingerprint density at radius 2 is 1.96 bits per heavy atom. The molecule has 1 fully saturated rings. The lowest BCUT2D eigenvalue weighted by molar-refractivity contribution is -0.163. The minimum atomic E-state index is -4.43. The van der Waals surface area contributed by atoms with E-state index in [0.717, 1.165) is 30.6 Å². The quantitative estimate of drug-likeness (QED) is 0.788. The zero-order valence-corrected chi connectivity index (χ0v) is 14.2. The molecular weight excluding hydrogens is 321 g/mol. The van der Waals surface area contributed by atoms with Crippen LogP contribution in [-0.4, -0.2) is 48.1 Å². The highest BCUT2D eigenvalue weighted by Crippen LogP contribution is 2.26. The smallest absolute Gasteiger partial charge is 0.406 e. The molecule has 0 unspecified atom stereocenters. The Morgan fingerprint density at radius 3 is 2.50 bits per heavy atom. The van der Waals surface area contributed by atoms with Gasteiger partial charge in [0.1, 0.15) is 12.3 Å². The van der Waals surface area contributed by atoms with Crippen LogP contribution < -0.4 is 0 Å². The number of likely N-dealkylation sites (N-methyl/N-ethyl adjacent to an activating group) is 1. The Morgan fingerprint density at radius 1 is 1.29 bits per heavy atom. The number of rotatable bonds is 6. The van der Waals surface area contributed by atoms with Crippen molar-refractivity contribution >= 4 is 5.91 Å². The number of carbonyl (C=O) groups excluding carboxylic acids is 1. The fourth-order valence-electron chi connectivity index (χ4n) is 3.17. The number of alkyl halides is 3. The molecule has 1 heterocycles. The minimum absolute atomic E-state index is 0.00413. The van der Waals surface area contributed by atoms with Crippen molar-refractivity contribution in [2.75, 3.05) is 20.1 Å². The SMILES string of the molecule is CC1CCC(N(C)CC(=O)N(Cc2ccco2)CC(F)(F)F)CC1. The highest BCUT2D eigenvalue weighted by atomic mass is 19.4. The summed E-state index contributed by atoms with van der Waals surface area (Å²) in [5, 5.41) is 0. The maximum atomic E-state index is 12.8. The summed E-state index contributed by atoms with van der Waals surface area (Å²) in [6, 6.07) is 3.44. The highest BCUT2D eigenvalue weighted by Gasteiger charge is 2.34. The molecule has 0 bridgehead atoms. The standard InChI is InChI=1S/C17H25F3N2O2/c1-13-5-7-14(8-6-13)21(2)11-16(23)22(12-17(18,19)20)10-15-4-3-9-24-15/h3-4,9,13-14H,5-8,10-12H2,1-2H3. The number of hydrogen-bond acceptors (Lipinski definition) is 3. The third-order valence-electron chi connectivity index (χ3n) is 4.64. The van der Waals surface area contributed by atoms with E-state index in [-0.39, 0.29) is 19.1 Å². The van der Waals surface area contributed by atoms with Crippen LogP contribution in [0.5, 0.6) is 0 Å². The van der Waals surface area contributed by atoms with Crippen LogP contribution in [0.3, 0.4) is 0 Å². The fourth-order valence-corrected chi connectivity index (χ4v) is 3.17. The van der Waals surface area contributed by atoms with Crippen LogP contribution in [-0.2, 0) is 11.3 Å². The third kappa shape index (κ3) is 5.85. The summed E-state index contributed by atoms with van der Waals surface area (Å²) in [5.41, 5.74) is 0. The zero-order valence-electron chi connectivity index (χ0n) is 14.2. The molecule has 0 N–H and O–H groups in total. The van der Waals surface area contributed by atoms with Crippen LogP contribution in [0.1, 0.15) is 38.4 Å². The van der Waals surface area contributed by atoms with Gasteiger partial charge in [-0.05, 0) is 50.8 Å². The Balaban J connectivity index is 1.95. The summed E-state index contributed by atoms with van der Waals surface area (Å²) in [4.78, 5) is 15.1. The summed E-state index contributed by atoms with van der Waals surface area (Å²) in [6.45, 7) is 0.772. The molecule has 7 heteroatoms. The molecule has 2 rings (SSSR count). The van der Waals surface area contributed by atoms with E-state index in [4.69, 9.17) is 4.42 Å². The lowest BCUT2D eigenvalue weighted by Crippen LogP contribution is -2.46. The van der Waals surface area contributed by atoms with Gasteiger partial charge in [-0.2, -0.15) is 13.2 Å². The molecule has 0 radical (unpaired) electrons. The maximum Gasteiger partial charge on any atom is 0.406 e. The monoisotopic (exact) mass is 346 g/mol. The summed E-state index contributed by atoms with van der Waals surface area (Å²) >= 11 is 0. The first-order valence-corrected chi connectivity index (χ1v) is 8.31. The van der Waals surface area contributed by atoms with Gasteiger partial charge >= 0.3 is 6.18 Å². The van der Waals surface area contributed by atoms with E-state index in [2.05, 4.69) is 6.92 Å². The second-order valence-corrected chi connectivity index (χ2v) is 6.77. The highest BCUT2D eigenvalue weighted by molar-refractivity contribution is 5.78. The van der Waals surface area contributed by atoms with E-state index < -0.39 is 18.6 Å². The van der Waals surface area contributed by atoms with Crippen LogP contribution in [0, 0.1) is 5.92 Å². The molecule has 4 nitrogen and oxygen atoms in total. The third-order valence-corrected chi connectivity index (χ3v) is 4.64. The van der Waals surface area contributed by atoms with Gasteiger partial charge in [-0.15, -0.1) is 0 Å². The molecule has 0 aromatic carbocycles. The summed E-state index contributed by atoms with van der Waals surface area (Å²) in [6.07, 6.45) is 1.14. The van der Waals surface area contributed by atoms with E-state index in [9.17, 15) is 18.0 Å². The largest absolute Gasteiger partial charge is 0.467 e. The van der Waals surface area contributed by atoms with Crippen LogP contribution >= 0.6 is 0 Å². The van der Waals surface area contributed by atoms with Gasteiger partial charge in [0.05, 0.1) is 19.4 Å². The van der Waals surface area contributed by atoms with Gasteiger partial charge in [-0.3, -0.25) is 9.69 Å². The van der Waals surface area contributed by atoms with Gasteiger partial charge in [-0.25, -0.2) is 0 Å². The predicted octanol–water partition coefficient (Wildman–Crippen LogP) is 3.68. The molecule has 1 aliphatic rings. The van der Waals surface area contributed by atoms with Crippen molar-refractivity contribution in [2.24, 2.45) is 5.92 Å². The molecule has 1 aromatic rings. The molecule has 136 valence electrons. The van der Waals surface area contributed by atoms with Crippen molar-refractivity contribution in [3.63, 3.8) is 0 Å². The second-order valence-electron chi connectivity index (χ2n) is 6.77. The van der Waals surface area contributed by atoms with Gasteiger partial charge in [0.2, 0.25) is 5.91 Å². The van der Waals surface area contributed by atoms with E-state index in [1.54, 1.807) is 12.1 Å². The molecule has 1 amide bonds. The lowest BCUT2D eigenvalue weighted by Gasteiger charge is -2.34. The molecular formula is C17H25F3N2O2. The topological polar surface area (TPSA) is 36.7 Å². The molecule has 24 heavy (non-hydrogen) atoms. The molecule has 0 aliphatic heterocycles. The molecule has 0 atom stereocenters. The average Bonchev–Trinajstić information content (AvgIpc) is 2.98. The van der Waals surface area contributed by atoms with Crippen molar-refractivity contribution in [1.29, 1.82) is 0 Å². The van der Waals surface area contributed by atoms with Crippen LogP contribution in [0.15, 0.2) is 22.8 Å². The number of nitrogens with zero attached hydrogens (tertiary/aromatic N) is 2. The summed E-state index contributed by atoms with van der Waals surface area (Å²) < 4.78 is 43.5. The first-order chi connectivity index (χ1) is 11.2. The number of hydrogen-bond donors (Lipinski definition) is 0. The molecule has 1 aliphatic carbocycles. The van der Waals surface area contributed by atoms with Gasteiger partial charge in [0, 0.05) is 6.04 Å². The number of furan rings is 1. The lowest BCUT2D eigenvalue weighted by atomic mass is 9.87. The molecule has 0 spiro atoms. The van der Waals surface area contributed by atoms with E-state index in [1.165, 1.54) is 6.26 Å². The predicted molar refractivity (Wildman–Crippen MR) is 84.2 cm³/mol. The number of amides is 1. The van der Waals surface area contributed by atoms with Crippen molar-refractivity contribution in [3.05, 3.63) is 24.2 Å². The number of carbonyl (C=O) groups is 1. The average molecular weight is 346 g/mol. The molecule has 1 saturated carbocycles. The fraction of sp³-hybridized carbons (Fsp3) is 0.706. The van der Waals surface area contributed by atoms with Crippen molar-refractivity contribution in [1.82, 2.24) is 9.80 Å². The first kappa shape index (κ1) is 18.8. The van der Waals surface area contributed by atoms with Gasteiger partial charge in [0.15, 0.2) is 0 Å². The Hall–Kier alpha value is -1.50. The van der Waals surface area contributed by atoms with Crippen LogP contribution in [0.4, 0.5) is 13.2 Å². The molecule has 0 saturated heterocycles. The van der Waals surface area contributed by atoms with Gasteiger partial charge < -0.3 is 9.32 Å². The van der Waals surface area contributed by atoms with Crippen LogP contribution in [0.25, 0.3) is 0 Å².